The van der Waals surface area contributed by atoms with Gasteiger partial charge in [-0.15, -0.1) is 4.31 Å². The fourth-order valence-corrected chi connectivity index (χ4v) is 5.39. The van der Waals surface area contributed by atoms with Crippen LogP contribution in [0.3, 0.4) is 0 Å². The molecule has 0 aliphatic carbocycles. The van der Waals surface area contributed by atoms with Gasteiger partial charge in [0.2, 0.25) is 0 Å². The van der Waals surface area contributed by atoms with E-state index in [9.17, 15) is 13.6 Å². The summed E-state index contributed by atoms with van der Waals surface area (Å²) in [7, 11) is -2.02. The number of hydrogen-bond acceptors (Lipinski definition) is 6. The van der Waals surface area contributed by atoms with Gasteiger partial charge in [0.25, 0.3) is 0 Å². The van der Waals surface area contributed by atoms with Crippen LogP contribution in [0, 0.1) is 0 Å². The summed E-state index contributed by atoms with van der Waals surface area (Å²) in [6.45, 7) is 4.08. The number of methoxy groups -OCH3 is 1. The molecule has 2 aliphatic rings. The highest BCUT2D eigenvalue weighted by molar-refractivity contribution is 7.95. The predicted octanol–water partition coefficient (Wildman–Crippen LogP) is 0.611. The first kappa shape index (κ1) is 20.3. The van der Waals surface area contributed by atoms with Crippen LogP contribution in [0.25, 0.3) is 0 Å². The van der Waals surface area contributed by atoms with Gasteiger partial charge in [-0.3, -0.25) is 9.47 Å². The molecule has 0 N–H and O–H groups in total. The Morgan fingerprint density at radius 1 is 1.14 bits per heavy atom. The van der Waals surface area contributed by atoms with E-state index in [0.29, 0.717) is 45.0 Å². The number of hydrogen-bond donors (Lipinski definition) is 0. The number of piperazine rings is 1. The van der Waals surface area contributed by atoms with Crippen molar-refractivity contribution in [2.75, 3.05) is 39.8 Å². The van der Waals surface area contributed by atoms with E-state index in [1.54, 1.807) is 33.5 Å². The van der Waals surface area contributed by atoms with E-state index in [0.717, 1.165) is 31.6 Å². The summed E-state index contributed by atoms with van der Waals surface area (Å²) in [6, 6.07) is 6.56. The highest BCUT2D eigenvalue weighted by Gasteiger charge is 2.33. The normalized spacial score (nSPS) is 20.2. The van der Waals surface area contributed by atoms with Crippen molar-refractivity contribution in [3.05, 3.63) is 40.6 Å². The maximum Gasteiger partial charge on any atom is 0.345 e. The minimum Gasteiger partial charge on any atom is -0.593 e. The van der Waals surface area contributed by atoms with Crippen LogP contribution < -0.4 is 10.4 Å². The smallest absolute Gasteiger partial charge is 0.345 e. The zero-order valence-corrected chi connectivity index (χ0v) is 17.5. The SMILES string of the molecule is COc1cccc([S+](=O)([O-])N2CCN(CCn3nc4n(c3=O)CCCC4)CC2)c1. The second-order valence-electron chi connectivity index (χ2n) is 7.46. The van der Waals surface area contributed by atoms with Gasteiger partial charge in [-0.2, -0.15) is 5.10 Å². The van der Waals surface area contributed by atoms with Crippen molar-refractivity contribution in [1.82, 2.24) is 23.6 Å². The Morgan fingerprint density at radius 2 is 1.93 bits per heavy atom. The molecule has 0 bridgehead atoms. The van der Waals surface area contributed by atoms with Crippen LogP contribution in [0.4, 0.5) is 0 Å². The molecule has 158 valence electrons. The molecular weight excluding hydrogens is 394 g/mol. The molecule has 0 amide bonds. The van der Waals surface area contributed by atoms with E-state index in [1.807, 2.05) is 0 Å². The van der Waals surface area contributed by atoms with Gasteiger partial charge < -0.3 is 9.29 Å². The number of aromatic nitrogens is 3. The fraction of sp³-hybridized carbons (Fsp3) is 0.579. The zero-order chi connectivity index (χ0) is 20.4. The van der Waals surface area contributed by atoms with Gasteiger partial charge in [0, 0.05) is 38.7 Å². The number of aryl methyl sites for hydroxylation is 1. The summed E-state index contributed by atoms with van der Waals surface area (Å²) in [5.41, 5.74) is -0.0288. The van der Waals surface area contributed by atoms with Gasteiger partial charge in [0.15, 0.2) is 15.3 Å². The summed E-state index contributed by atoms with van der Waals surface area (Å²) in [4.78, 5) is 14.9. The largest absolute Gasteiger partial charge is 0.593 e. The molecule has 1 atom stereocenters. The average molecular weight is 422 g/mol. The number of rotatable bonds is 6. The molecule has 1 aromatic heterocycles. The zero-order valence-electron chi connectivity index (χ0n) is 16.7. The van der Waals surface area contributed by atoms with E-state index < -0.39 is 10.4 Å². The highest BCUT2D eigenvalue weighted by atomic mass is 32.3. The van der Waals surface area contributed by atoms with E-state index in [1.165, 1.54) is 11.4 Å². The van der Waals surface area contributed by atoms with Crippen molar-refractivity contribution in [3.63, 3.8) is 0 Å². The molecule has 0 spiro atoms. The van der Waals surface area contributed by atoms with Gasteiger partial charge in [-0.05, 0) is 25.0 Å². The average Bonchev–Trinajstić information content (AvgIpc) is 3.08. The Morgan fingerprint density at radius 3 is 2.66 bits per heavy atom. The fourth-order valence-electron chi connectivity index (χ4n) is 3.93. The summed E-state index contributed by atoms with van der Waals surface area (Å²) in [5, 5.41) is 4.47. The summed E-state index contributed by atoms with van der Waals surface area (Å²) < 4.78 is 35.8. The second-order valence-corrected chi connectivity index (χ2v) is 9.39. The molecular formula is C19H27N5O4S. The summed E-state index contributed by atoms with van der Waals surface area (Å²) >= 11 is 0. The lowest BCUT2D eigenvalue weighted by atomic mass is 10.2. The number of ether oxygens (including phenoxy) is 1. The van der Waals surface area contributed by atoms with Gasteiger partial charge in [-0.1, -0.05) is 10.3 Å². The maximum atomic E-state index is 12.9. The minimum atomic E-state index is -3.54. The molecule has 3 heterocycles. The Kier molecular flexibility index (Phi) is 5.86. The number of sulfonamides is 1. The molecule has 1 saturated heterocycles. The van der Waals surface area contributed by atoms with Gasteiger partial charge in [0.1, 0.15) is 11.6 Å². The van der Waals surface area contributed by atoms with Crippen LogP contribution in [0.2, 0.25) is 0 Å². The van der Waals surface area contributed by atoms with E-state index in [4.69, 9.17) is 4.74 Å². The van der Waals surface area contributed by atoms with Gasteiger partial charge in [0.05, 0.1) is 26.7 Å². The number of nitrogens with zero attached hydrogens (tertiary/aromatic N) is 5. The molecule has 2 aromatic rings. The molecule has 0 radical (unpaired) electrons. The topological polar surface area (TPSA) is 95.7 Å². The van der Waals surface area contributed by atoms with Crippen LogP contribution in [0.1, 0.15) is 18.7 Å². The predicted molar refractivity (Wildman–Crippen MR) is 108 cm³/mol. The van der Waals surface area contributed by atoms with Crippen LogP contribution in [-0.2, 0) is 34.1 Å². The van der Waals surface area contributed by atoms with Crippen LogP contribution in [-0.4, -0.2) is 67.9 Å². The Hall–Kier alpha value is -2.01. The third kappa shape index (κ3) is 4.16. The molecule has 29 heavy (non-hydrogen) atoms. The number of fused-ring (bicyclic) bond motifs is 1. The monoisotopic (exact) mass is 421 g/mol. The lowest BCUT2D eigenvalue weighted by Crippen LogP contribution is -2.51. The van der Waals surface area contributed by atoms with Crippen LogP contribution in [0.5, 0.6) is 5.75 Å². The molecule has 10 heteroatoms. The van der Waals surface area contributed by atoms with Gasteiger partial charge in [-0.25, -0.2) is 9.48 Å². The van der Waals surface area contributed by atoms with Crippen molar-refractivity contribution < 1.29 is 13.5 Å². The highest BCUT2D eigenvalue weighted by Crippen LogP contribution is 2.25. The van der Waals surface area contributed by atoms with E-state index in [2.05, 4.69) is 10.00 Å². The minimum absolute atomic E-state index is 0.0288. The third-order valence-electron chi connectivity index (χ3n) is 5.67. The summed E-state index contributed by atoms with van der Waals surface area (Å²) in [5.74, 6) is 1.41. The lowest BCUT2D eigenvalue weighted by Gasteiger charge is -2.35. The maximum absolute atomic E-state index is 12.9. The van der Waals surface area contributed by atoms with Crippen molar-refractivity contribution in [1.29, 1.82) is 0 Å². The van der Waals surface area contributed by atoms with Crippen molar-refractivity contribution >= 4 is 10.4 Å². The quantitative estimate of drug-likeness (QED) is 0.634. The molecule has 9 nitrogen and oxygen atoms in total. The van der Waals surface area contributed by atoms with E-state index in [-0.39, 0.29) is 10.6 Å². The van der Waals surface area contributed by atoms with Crippen LogP contribution >= 0.6 is 0 Å². The lowest BCUT2D eigenvalue weighted by molar-refractivity contribution is 0.173. The first-order valence-electron chi connectivity index (χ1n) is 10.0. The third-order valence-corrected chi connectivity index (χ3v) is 7.56. The summed E-state index contributed by atoms with van der Waals surface area (Å²) in [6.07, 6.45) is 2.98. The van der Waals surface area contributed by atoms with Gasteiger partial charge >= 0.3 is 5.69 Å². The first-order chi connectivity index (χ1) is 14.0. The Bertz CT molecular complexity index is 964. The van der Waals surface area contributed by atoms with Crippen molar-refractivity contribution in [3.8, 4) is 5.75 Å². The molecule has 0 saturated carbocycles. The standard InChI is InChI=1S/C19H27N5O4S/c1-28-16-5-4-6-17(15-16)29(26,27)22-12-9-21(10-13-22)11-14-24-19(25)23-8-3-2-7-18(23)20-24/h4-6,15H,2-3,7-14H2,1H3. The second kappa shape index (κ2) is 8.39. The van der Waals surface area contributed by atoms with Crippen LogP contribution in [0.15, 0.2) is 34.0 Å². The molecule has 2 aliphatic heterocycles. The Labute approximate surface area is 171 Å². The molecule has 4 rings (SSSR count). The Balaban J connectivity index is 1.34. The first-order valence-corrected chi connectivity index (χ1v) is 11.5. The number of benzene rings is 1. The molecule has 1 unspecified atom stereocenters. The molecule has 1 aromatic carbocycles. The molecule has 1 fully saturated rings. The van der Waals surface area contributed by atoms with E-state index >= 15 is 0 Å². The van der Waals surface area contributed by atoms with Crippen molar-refractivity contribution in [2.45, 2.75) is 37.2 Å². The van der Waals surface area contributed by atoms with Crippen molar-refractivity contribution in [2.24, 2.45) is 0 Å².